The summed E-state index contributed by atoms with van der Waals surface area (Å²) in [7, 11) is 0. The maximum Gasteiger partial charge on any atom is 0.0895 e. The SMILES string of the molecule is C[C@@H]1CO[C@]2(CCCN(Cc3csnn3)C2)C1. The van der Waals surface area contributed by atoms with Crippen LogP contribution >= 0.6 is 11.5 Å². The summed E-state index contributed by atoms with van der Waals surface area (Å²) in [6.45, 7) is 6.38. The van der Waals surface area contributed by atoms with Crippen molar-refractivity contribution < 1.29 is 4.74 Å². The molecule has 0 amide bonds. The number of aromatic nitrogens is 2. The number of rotatable bonds is 2. The minimum Gasteiger partial charge on any atom is -0.373 e. The molecule has 0 aliphatic carbocycles. The molecule has 1 spiro atoms. The van der Waals surface area contributed by atoms with Crippen molar-refractivity contribution in [2.75, 3.05) is 19.7 Å². The first-order chi connectivity index (χ1) is 8.26. The summed E-state index contributed by atoms with van der Waals surface area (Å²) in [5.41, 5.74) is 1.24. The smallest absolute Gasteiger partial charge is 0.0895 e. The Morgan fingerprint density at radius 3 is 3.29 bits per heavy atom. The van der Waals surface area contributed by atoms with Crippen LogP contribution in [0.3, 0.4) is 0 Å². The van der Waals surface area contributed by atoms with Gasteiger partial charge in [-0.3, -0.25) is 4.90 Å². The number of piperidine rings is 1. The molecule has 0 bridgehead atoms. The zero-order valence-corrected chi connectivity index (χ0v) is 11.1. The maximum absolute atomic E-state index is 6.07. The number of hydrogen-bond acceptors (Lipinski definition) is 5. The van der Waals surface area contributed by atoms with Gasteiger partial charge in [0.1, 0.15) is 0 Å². The van der Waals surface area contributed by atoms with E-state index in [0.29, 0.717) is 0 Å². The lowest BCUT2D eigenvalue weighted by Gasteiger charge is -2.39. The van der Waals surface area contributed by atoms with E-state index in [2.05, 4.69) is 21.4 Å². The quantitative estimate of drug-likeness (QED) is 0.807. The third-order valence-corrected chi connectivity index (χ3v) is 4.36. The molecule has 2 aliphatic heterocycles. The average molecular weight is 253 g/mol. The molecule has 0 saturated carbocycles. The predicted octanol–water partition coefficient (Wildman–Crippen LogP) is 1.93. The van der Waals surface area contributed by atoms with Crippen molar-refractivity contribution in [2.45, 2.75) is 38.3 Å². The minimum absolute atomic E-state index is 0.140. The highest BCUT2D eigenvalue weighted by molar-refractivity contribution is 7.03. The van der Waals surface area contributed by atoms with Crippen LogP contribution in [0.4, 0.5) is 0 Å². The molecule has 2 aliphatic rings. The molecular weight excluding hydrogens is 234 g/mol. The average Bonchev–Trinajstić information content (AvgIpc) is 2.90. The summed E-state index contributed by atoms with van der Waals surface area (Å²) in [6.07, 6.45) is 3.69. The van der Waals surface area contributed by atoms with Crippen LogP contribution in [0.15, 0.2) is 5.38 Å². The number of hydrogen-bond donors (Lipinski definition) is 0. The van der Waals surface area contributed by atoms with Crippen molar-refractivity contribution in [1.82, 2.24) is 14.5 Å². The van der Waals surface area contributed by atoms with Crippen LogP contribution < -0.4 is 0 Å². The molecule has 0 unspecified atom stereocenters. The largest absolute Gasteiger partial charge is 0.373 e. The molecule has 4 nitrogen and oxygen atoms in total. The Kier molecular flexibility index (Phi) is 3.15. The van der Waals surface area contributed by atoms with Gasteiger partial charge in [-0.05, 0) is 43.3 Å². The summed E-state index contributed by atoms with van der Waals surface area (Å²) in [5, 5.41) is 6.17. The van der Waals surface area contributed by atoms with E-state index >= 15 is 0 Å². The van der Waals surface area contributed by atoms with Crippen LogP contribution in [-0.2, 0) is 11.3 Å². The van der Waals surface area contributed by atoms with Gasteiger partial charge < -0.3 is 4.74 Å². The minimum atomic E-state index is 0.140. The molecule has 3 heterocycles. The molecule has 94 valence electrons. The van der Waals surface area contributed by atoms with E-state index in [-0.39, 0.29) is 5.60 Å². The Labute approximate surface area is 106 Å². The van der Waals surface area contributed by atoms with Crippen LogP contribution in [0.5, 0.6) is 0 Å². The molecule has 2 atom stereocenters. The topological polar surface area (TPSA) is 38.2 Å². The van der Waals surface area contributed by atoms with Gasteiger partial charge in [0.15, 0.2) is 0 Å². The number of ether oxygens (including phenoxy) is 1. The second-order valence-electron chi connectivity index (χ2n) is 5.51. The second kappa shape index (κ2) is 4.63. The third kappa shape index (κ3) is 2.51. The Morgan fingerprint density at radius 1 is 1.65 bits per heavy atom. The summed E-state index contributed by atoms with van der Waals surface area (Å²) < 4.78 is 9.99. The fraction of sp³-hybridized carbons (Fsp3) is 0.833. The van der Waals surface area contributed by atoms with Crippen molar-refractivity contribution in [1.29, 1.82) is 0 Å². The first kappa shape index (κ1) is 11.6. The lowest BCUT2D eigenvalue weighted by Crippen LogP contribution is -2.47. The molecule has 1 aromatic rings. The molecular formula is C12H19N3OS. The van der Waals surface area contributed by atoms with E-state index in [0.717, 1.165) is 37.9 Å². The molecule has 2 fully saturated rings. The molecule has 0 N–H and O–H groups in total. The summed E-state index contributed by atoms with van der Waals surface area (Å²) in [5.74, 6) is 0.718. The summed E-state index contributed by atoms with van der Waals surface area (Å²) in [4.78, 5) is 2.47. The van der Waals surface area contributed by atoms with Gasteiger partial charge in [0.25, 0.3) is 0 Å². The summed E-state index contributed by atoms with van der Waals surface area (Å²) >= 11 is 1.43. The maximum atomic E-state index is 6.07. The molecule has 2 saturated heterocycles. The van der Waals surface area contributed by atoms with Crippen LogP contribution in [0.1, 0.15) is 31.9 Å². The second-order valence-corrected chi connectivity index (χ2v) is 6.12. The van der Waals surface area contributed by atoms with Crippen molar-refractivity contribution in [2.24, 2.45) is 5.92 Å². The highest BCUT2D eigenvalue weighted by Gasteiger charge is 2.41. The molecule has 5 heteroatoms. The normalized spacial score (nSPS) is 34.5. The van der Waals surface area contributed by atoms with Crippen LogP contribution in [0.25, 0.3) is 0 Å². The van der Waals surface area contributed by atoms with Gasteiger partial charge in [0.05, 0.1) is 17.9 Å². The van der Waals surface area contributed by atoms with Crippen molar-refractivity contribution in [3.05, 3.63) is 11.1 Å². The lowest BCUT2D eigenvalue weighted by atomic mass is 9.87. The van der Waals surface area contributed by atoms with Crippen molar-refractivity contribution in [3.8, 4) is 0 Å². The van der Waals surface area contributed by atoms with Crippen LogP contribution in [0.2, 0.25) is 0 Å². The lowest BCUT2D eigenvalue weighted by molar-refractivity contribution is -0.0537. The first-order valence-corrected chi connectivity index (χ1v) is 7.22. The monoisotopic (exact) mass is 253 g/mol. The highest BCUT2D eigenvalue weighted by Crippen LogP contribution is 2.37. The highest BCUT2D eigenvalue weighted by atomic mass is 32.1. The van der Waals surface area contributed by atoms with Gasteiger partial charge in [-0.1, -0.05) is 11.4 Å². The Balaban J connectivity index is 1.64. The Hall–Kier alpha value is -0.520. The number of nitrogens with zero attached hydrogens (tertiary/aromatic N) is 3. The van der Waals surface area contributed by atoms with E-state index < -0.39 is 0 Å². The van der Waals surface area contributed by atoms with E-state index in [9.17, 15) is 0 Å². The van der Waals surface area contributed by atoms with Crippen LogP contribution in [-0.4, -0.2) is 39.8 Å². The third-order valence-electron chi connectivity index (χ3n) is 3.80. The van der Waals surface area contributed by atoms with Gasteiger partial charge in [-0.25, -0.2) is 0 Å². The van der Waals surface area contributed by atoms with Gasteiger partial charge in [-0.2, -0.15) is 0 Å². The fourth-order valence-corrected chi connectivity index (χ4v) is 3.61. The van der Waals surface area contributed by atoms with E-state index in [1.807, 2.05) is 5.38 Å². The van der Waals surface area contributed by atoms with E-state index in [1.54, 1.807) is 0 Å². The Bertz CT molecular complexity index is 366. The van der Waals surface area contributed by atoms with Gasteiger partial charge >= 0.3 is 0 Å². The van der Waals surface area contributed by atoms with Crippen molar-refractivity contribution >= 4 is 11.5 Å². The van der Waals surface area contributed by atoms with Crippen molar-refractivity contribution in [3.63, 3.8) is 0 Å². The van der Waals surface area contributed by atoms with Gasteiger partial charge in [-0.15, -0.1) is 5.10 Å². The predicted molar refractivity (Wildman–Crippen MR) is 66.9 cm³/mol. The zero-order chi connectivity index (χ0) is 11.7. The molecule has 17 heavy (non-hydrogen) atoms. The van der Waals surface area contributed by atoms with Crippen LogP contribution in [0, 0.1) is 5.92 Å². The molecule has 0 aromatic carbocycles. The first-order valence-electron chi connectivity index (χ1n) is 6.38. The summed E-state index contributed by atoms with van der Waals surface area (Å²) in [6, 6.07) is 0. The number of likely N-dealkylation sites (tertiary alicyclic amines) is 1. The zero-order valence-electron chi connectivity index (χ0n) is 10.3. The molecule has 3 rings (SSSR count). The Morgan fingerprint density at radius 2 is 2.59 bits per heavy atom. The standard InChI is InChI=1S/C12H19N3OS/c1-10-5-12(16-7-10)3-2-4-15(9-12)6-11-8-17-14-13-11/h8,10H,2-7,9H2,1H3/t10-,12+/m0/s1. The molecule has 0 radical (unpaired) electrons. The molecule has 1 aromatic heterocycles. The van der Waals surface area contributed by atoms with E-state index in [4.69, 9.17) is 4.74 Å². The fourth-order valence-electron chi connectivity index (χ4n) is 3.16. The van der Waals surface area contributed by atoms with E-state index in [1.165, 1.54) is 30.8 Å². The van der Waals surface area contributed by atoms with Gasteiger partial charge in [0, 0.05) is 18.5 Å². The van der Waals surface area contributed by atoms with Gasteiger partial charge in [0.2, 0.25) is 0 Å².